The molecule has 1 fully saturated rings. The van der Waals surface area contributed by atoms with Gasteiger partial charge in [-0.1, -0.05) is 12.8 Å². The van der Waals surface area contributed by atoms with Gasteiger partial charge in [0, 0.05) is 17.6 Å². The predicted molar refractivity (Wildman–Crippen MR) is 60.9 cm³/mol. The summed E-state index contributed by atoms with van der Waals surface area (Å²) in [5.41, 5.74) is 2.07. The Bertz CT molecular complexity index is 327. The molecule has 82 valence electrons. The molecule has 0 spiro atoms. The Morgan fingerprint density at radius 3 is 2.93 bits per heavy atom. The zero-order valence-corrected chi connectivity index (χ0v) is 9.11. The van der Waals surface area contributed by atoms with Gasteiger partial charge in [0.2, 0.25) is 0 Å². The number of aliphatic hydroxyl groups is 1. The Morgan fingerprint density at radius 2 is 2.20 bits per heavy atom. The number of pyridine rings is 1. The van der Waals surface area contributed by atoms with Crippen molar-refractivity contribution in [2.45, 2.75) is 44.8 Å². The van der Waals surface area contributed by atoms with Gasteiger partial charge < -0.3 is 10.4 Å². The predicted octanol–water partition coefficient (Wildman–Crippen LogP) is 2.11. The molecule has 2 N–H and O–H groups in total. The van der Waals surface area contributed by atoms with Crippen molar-refractivity contribution in [3.63, 3.8) is 0 Å². The normalized spacial score (nSPS) is 26.3. The van der Waals surface area contributed by atoms with E-state index in [1.54, 1.807) is 6.20 Å². The molecule has 1 saturated carbocycles. The van der Waals surface area contributed by atoms with Gasteiger partial charge in [-0.3, -0.25) is 4.98 Å². The molecule has 3 heteroatoms. The summed E-state index contributed by atoms with van der Waals surface area (Å²) in [5.74, 6) is 0. The fourth-order valence-electron chi connectivity index (χ4n) is 2.13. The highest BCUT2D eigenvalue weighted by Gasteiger charge is 2.22. The molecule has 0 amide bonds. The van der Waals surface area contributed by atoms with E-state index in [9.17, 15) is 5.11 Å². The minimum Gasteiger partial charge on any atom is -0.391 e. The molecule has 1 aliphatic rings. The van der Waals surface area contributed by atoms with Gasteiger partial charge in [-0.25, -0.2) is 0 Å². The molecule has 0 bridgehead atoms. The van der Waals surface area contributed by atoms with Crippen molar-refractivity contribution in [1.82, 2.24) is 4.98 Å². The number of hydrogen-bond acceptors (Lipinski definition) is 3. The standard InChI is InChI=1S/C12H18N2O/c1-9-8-10(6-7-13-9)14-11-4-2-3-5-12(11)15/h6-8,11-12,15H,2-5H2,1H3,(H,13,14). The Balaban J connectivity index is 2.01. The van der Waals surface area contributed by atoms with E-state index in [4.69, 9.17) is 0 Å². The third-order valence-electron chi connectivity index (χ3n) is 2.98. The van der Waals surface area contributed by atoms with Crippen LogP contribution in [0.3, 0.4) is 0 Å². The first-order valence-electron chi connectivity index (χ1n) is 5.63. The average molecular weight is 206 g/mol. The van der Waals surface area contributed by atoms with Crippen molar-refractivity contribution in [3.05, 3.63) is 24.0 Å². The van der Waals surface area contributed by atoms with Gasteiger partial charge in [-0.15, -0.1) is 0 Å². The van der Waals surface area contributed by atoms with Crippen molar-refractivity contribution >= 4 is 5.69 Å². The summed E-state index contributed by atoms with van der Waals surface area (Å²) >= 11 is 0. The van der Waals surface area contributed by atoms with E-state index in [1.165, 1.54) is 6.42 Å². The monoisotopic (exact) mass is 206 g/mol. The molecular weight excluding hydrogens is 188 g/mol. The molecule has 1 heterocycles. The Labute approximate surface area is 90.5 Å². The van der Waals surface area contributed by atoms with Crippen LogP contribution in [0.5, 0.6) is 0 Å². The highest BCUT2D eigenvalue weighted by molar-refractivity contribution is 5.44. The summed E-state index contributed by atoms with van der Waals surface area (Å²) in [6.45, 7) is 1.97. The number of aromatic nitrogens is 1. The van der Waals surface area contributed by atoms with E-state index < -0.39 is 0 Å². The Morgan fingerprint density at radius 1 is 1.40 bits per heavy atom. The van der Waals surface area contributed by atoms with Crippen molar-refractivity contribution in [1.29, 1.82) is 0 Å². The molecule has 2 unspecified atom stereocenters. The lowest BCUT2D eigenvalue weighted by atomic mass is 9.92. The zero-order chi connectivity index (χ0) is 10.7. The lowest BCUT2D eigenvalue weighted by Crippen LogP contribution is -2.36. The fourth-order valence-corrected chi connectivity index (χ4v) is 2.13. The van der Waals surface area contributed by atoms with Gasteiger partial charge in [0.05, 0.1) is 12.1 Å². The average Bonchev–Trinajstić information content (AvgIpc) is 2.22. The van der Waals surface area contributed by atoms with Gasteiger partial charge >= 0.3 is 0 Å². The number of nitrogens with zero attached hydrogens (tertiary/aromatic N) is 1. The highest BCUT2D eigenvalue weighted by atomic mass is 16.3. The maximum absolute atomic E-state index is 9.82. The molecule has 0 aliphatic heterocycles. The molecule has 2 rings (SSSR count). The van der Waals surface area contributed by atoms with Gasteiger partial charge in [-0.05, 0) is 31.9 Å². The van der Waals surface area contributed by atoms with Crippen molar-refractivity contribution in [2.75, 3.05) is 5.32 Å². The summed E-state index contributed by atoms with van der Waals surface area (Å²) in [7, 11) is 0. The molecule has 1 aliphatic carbocycles. The molecule has 15 heavy (non-hydrogen) atoms. The van der Waals surface area contributed by atoms with Crippen LogP contribution in [-0.4, -0.2) is 22.2 Å². The van der Waals surface area contributed by atoms with Crippen LogP contribution in [0.4, 0.5) is 5.69 Å². The van der Waals surface area contributed by atoms with Crippen LogP contribution in [-0.2, 0) is 0 Å². The minimum absolute atomic E-state index is 0.202. The first-order chi connectivity index (χ1) is 7.25. The summed E-state index contributed by atoms with van der Waals surface area (Å²) < 4.78 is 0. The molecule has 1 aromatic rings. The lowest BCUT2D eigenvalue weighted by molar-refractivity contribution is 0.116. The van der Waals surface area contributed by atoms with Crippen LogP contribution in [0.15, 0.2) is 18.3 Å². The van der Waals surface area contributed by atoms with Crippen LogP contribution in [0.1, 0.15) is 31.4 Å². The van der Waals surface area contributed by atoms with E-state index in [1.807, 2.05) is 19.1 Å². The van der Waals surface area contributed by atoms with Crippen LogP contribution >= 0.6 is 0 Å². The first kappa shape index (κ1) is 10.4. The van der Waals surface area contributed by atoms with E-state index in [2.05, 4.69) is 10.3 Å². The van der Waals surface area contributed by atoms with Crippen LogP contribution in [0.2, 0.25) is 0 Å². The largest absolute Gasteiger partial charge is 0.391 e. The lowest BCUT2D eigenvalue weighted by Gasteiger charge is -2.29. The highest BCUT2D eigenvalue weighted by Crippen LogP contribution is 2.22. The number of nitrogens with one attached hydrogen (secondary N) is 1. The fraction of sp³-hybridized carbons (Fsp3) is 0.583. The quantitative estimate of drug-likeness (QED) is 0.779. The van der Waals surface area contributed by atoms with Crippen molar-refractivity contribution < 1.29 is 5.11 Å². The topological polar surface area (TPSA) is 45.1 Å². The molecule has 0 radical (unpaired) electrons. The minimum atomic E-state index is -0.202. The van der Waals surface area contributed by atoms with Gasteiger partial charge in [0.15, 0.2) is 0 Å². The maximum Gasteiger partial charge on any atom is 0.0741 e. The third-order valence-corrected chi connectivity index (χ3v) is 2.98. The Kier molecular flexibility index (Phi) is 3.21. The summed E-state index contributed by atoms with van der Waals surface area (Å²) in [4.78, 5) is 4.15. The van der Waals surface area contributed by atoms with E-state index in [-0.39, 0.29) is 12.1 Å². The van der Waals surface area contributed by atoms with E-state index in [0.717, 1.165) is 30.6 Å². The smallest absolute Gasteiger partial charge is 0.0741 e. The second-order valence-corrected chi connectivity index (χ2v) is 4.29. The number of anilines is 1. The summed E-state index contributed by atoms with van der Waals surface area (Å²) in [6, 6.07) is 4.18. The van der Waals surface area contributed by atoms with E-state index in [0.29, 0.717) is 0 Å². The molecular formula is C12H18N2O. The van der Waals surface area contributed by atoms with Crippen LogP contribution < -0.4 is 5.32 Å². The molecule has 1 aromatic heterocycles. The van der Waals surface area contributed by atoms with Gasteiger partial charge in [-0.2, -0.15) is 0 Å². The molecule has 3 nitrogen and oxygen atoms in total. The van der Waals surface area contributed by atoms with Crippen molar-refractivity contribution in [3.8, 4) is 0 Å². The van der Waals surface area contributed by atoms with Crippen LogP contribution in [0, 0.1) is 6.92 Å². The van der Waals surface area contributed by atoms with Crippen LogP contribution in [0.25, 0.3) is 0 Å². The third kappa shape index (κ3) is 2.69. The Hall–Kier alpha value is -1.09. The number of aryl methyl sites for hydroxylation is 1. The van der Waals surface area contributed by atoms with Gasteiger partial charge in [0.1, 0.15) is 0 Å². The maximum atomic E-state index is 9.82. The van der Waals surface area contributed by atoms with Crippen molar-refractivity contribution in [2.24, 2.45) is 0 Å². The number of rotatable bonds is 2. The molecule has 2 atom stereocenters. The van der Waals surface area contributed by atoms with E-state index >= 15 is 0 Å². The SMILES string of the molecule is Cc1cc(NC2CCCCC2O)ccn1. The first-order valence-corrected chi connectivity index (χ1v) is 5.63. The van der Waals surface area contributed by atoms with Gasteiger partial charge in [0.25, 0.3) is 0 Å². The molecule has 0 saturated heterocycles. The second kappa shape index (κ2) is 4.62. The number of aliphatic hydroxyl groups excluding tert-OH is 1. The summed E-state index contributed by atoms with van der Waals surface area (Å²) in [6.07, 6.45) is 5.93. The summed E-state index contributed by atoms with van der Waals surface area (Å²) in [5, 5.41) is 13.2. The zero-order valence-electron chi connectivity index (χ0n) is 9.11. The second-order valence-electron chi connectivity index (χ2n) is 4.29. The molecule has 0 aromatic carbocycles. The number of hydrogen-bond donors (Lipinski definition) is 2.